The van der Waals surface area contributed by atoms with Crippen LogP contribution in [0.5, 0.6) is 0 Å². The van der Waals surface area contributed by atoms with E-state index in [0.29, 0.717) is 29.9 Å². The summed E-state index contributed by atoms with van der Waals surface area (Å²) in [4.78, 5) is 16.2. The van der Waals surface area contributed by atoms with Crippen LogP contribution in [0, 0.1) is 0 Å². The quantitative estimate of drug-likeness (QED) is 0.645. The van der Waals surface area contributed by atoms with Crippen molar-refractivity contribution in [1.82, 2.24) is 10.2 Å². The maximum absolute atomic E-state index is 12.4. The zero-order valence-electron chi connectivity index (χ0n) is 15.8. The van der Waals surface area contributed by atoms with Crippen molar-refractivity contribution in [3.05, 3.63) is 51.7 Å². The van der Waals surface area contributed by atoms with Gasteiger partial charge in [-0.05, 0) is 61.5 Å². The van der Waals surface area contributed by atoms with Crippen LogP contribution in [0.1, 0.15) is 40.7 Å². The van der Waals surface area contributed by atoms with Crippen LogP contribution in [0.2, 0.25) is 0 Å². The Morgan fingerprint density at radius 1 is 1.25 bits per heavy atom. The van der Waals surface area contributed by atoms with Crippen LogP contribution in [0.15, 0.2) is 35.7 Å². The number of amides is 1. The lowest BCUT2D eigenvalue weighted by Crippen LogP contribution is -2.44. The lowest BCUT2D eigenvalue weighted by molar-refractivity contribution is 0.0930. The number of carbonyl (C=O) groups is 1. The Morgan fingerprint density at radius 3 is 2.64 bits per heavy atom. The highest BCUT2D eigenvalue weighted by Crippen LogP contribution is 2.35. The molecule has 1 aliphatic rings. The molecule has 2 aromatic rings. The first kappa shape index (κ1) is 21.1. The molecule has 0 aliphatic carbocycles. The number of carbonyl (C=O) groups excluding carboxylic acids is 1. The van der Waals surface area contributed by atoms with Gasteiger partial charge in [-0.3, -0.25) is 14.4 Å². The lowest BCUT2D eigenvalue weighted by Gasteiger charge is -2.38. The van der Waals surface area contributed by atoms with Crippen molar-refractivity contribution in [3.8, 4) is 0 Å². The molecule has 0 spiro atoms. The minimum atomic E-state index is -3.55. The van der Waals surface area contributed by atoms with Gasteiger partial charge in [-0.1, -0.05) is 0 Å². The fraction of sp³-hybridized carbons (Fsp3) is 0.421. The molecule has 152 valence electrons. The van der Waals surface area contributed by atoms with Crippen molar-refractivity contribution in [2.24, 2.45) is 0 Å². The molecule has 0 saturated carbocycles. The second-order valence-corrected chi connectivity index (χ2v) is 10.2. The molecule has 1 aromatic carbocycles. The van der Waals surface area contributed by atoms with Crippen LogP contribution in [0.3, 0.4) is 0 Å². The van der Waals surface area contributed by atoms with Gasteiger partial charge < -0.3 is 5.32 Å². The highest BCUT2D eigenvalue weighted by atomic mass is 35.5. The highest BCUT2D eigenvalue weighted by molar-refractivity contribution is 7.93. The van der Waals surface area contributed by atoms with Crippen molar-refractivity contribution in [1.29, 1.82) is 0 Å². The molecule has 1 amide bonds. The SMILES string of the molecule is CC1Cc2ccsc2C(C)N1CCNC(=O)c1ccc(NS(=O)(=O)CCl)cc1. The third-order valence-electron chi connectivity index (χ3n) is 4.96. The standard InChI is InChI=1S/C19H24ClN3O3S2/c1-13-11-16-7-10-27-18(16)14(2)23(13)9-8-21-19(24)15-3-5-17(6-4-15)22-28(25,26)12-20/h3-7,10,13-14,22H,8-9,11-12H2,1-2H3,(H,21,24). The second kappa shape index (κ2) is 8.82. The largest absolute Gasteiger partial charge is 0.351 e. The van der Waals surface area contributed by atoms with E-state index >= 15 is 0 Å². The third kappa shape index (κ3) is 4.86. The zero-order chi connectivity index (χ0) is 20.3. The van der Waals surface area contributed by atoms with Crippen LogP contribution in [-0.4, -0.2) is 43.6 Å². The summed E-state index contributed by atoms with van der Waals surface area (Å²) in [7, 11) is -3.55. The number of hydrogen-bond acceptors (Lipinski definition) is 5. The first-order chi connectivity index (χ1) is 13.3. The normalized spacial score (nSPS) is 19.8. The zero-order valence-corrected chi connectivity index (χ0v) is 18.2. The van der Waals surface area contributed by atoms with E-state index in [-0.39, 0.29) is 5.91 Å². The smallest absolute Gasteiger partial charge is 0.251 e. The minimum Gasteiger partial charge on any atom is -0.351 e. The average Bonchev–Trinajstić information content (AvgIpc) is 3.13. The van der Waals surface area contributed by atoms with Gasteiger partial charge >= 0.3 is 0 Å². The van der Waals surface area contributed by atoms with Gasteiger partial charge in [0.05, 0.1) is 0 Å². The molecule has 0 radical (unpaired) electrons. The van der Waals surface area contributed by atoms with Crippen LogP contribution in [-0.2, 0) is 16.4 Å². The van der Waals surface area contributed by atoms with Gasteiger partial charge in [0, 0.05) is 41.3 Å². The van der Waals surface area contributed by atoms with Crippen molar-refractivity contribution in [3.63, 3.8) is 0 Å². The van der Waals surface area contributed by atoms with Gasteiger partial charge in [0.25, 0.3) is 5.91 Å². The van der Waals surface area contributed by atoms with Gasteiger partial charge in [0.15, 0.2) is 0 Å². The summed E-state index contributed by atoms with van der Waals surface area (Å²) in [6.07, 6.45) is 1.04. The Kier molecular flexibility index (Phi) is 6.65. The number of hydrogen-bond donors (Lipinski definition) is 2. The summed E-state index contributed by atoms with van der Waals surface area (Å²) in [5.74, 6) is -0.180. The number of benzene rings is 1. The van der Waals surface area contributed by atoms with Crippen LogP contribution < -0.4 is 10.0 Å². The van der Waals surface area contributed by atoms with E-state index < -0.39 is 15.2 Å². The predicted octanol–water partition coefficient (Wildman–Crippen LogP) is 3.42. The van der Waals surface area contributed by atoms with Crippen molar-refractivity contribution in [2.45, 2.75) is 32.4 Å². The second-order valence-electron chi connectivity index (χ2n) is 6.94. The van der Waals surface area contributed by atoms with E-state index in [1.54, 1.807) is 35.6 Å². The number of rotatable bonds is 7. The first-order valence-electron chi connectivity index (χ1n) is 9.07. The number of thiophene rings is 1. The molecular weight excluding hydrogens is 418 g/mol. The number of fused-ring (bicyclic) bond motifs is 1. The molecule has 1 aliphatic heterocycles. The maximum atomic E-state index is 12.4. The summed E-state index contributed by atoms with van der Waals surface area (Å²) in [6.45, 7) is 5.76. The molecule has 0 saturated heterocycles. The molecule has 2 unspecified atom stereocenters. The number of nitrogens with one attached hydrogen (secondary N) is 2. The third-order valence-corrected chi connectivity index (χ3v) is 7.78. The van der Waals surface area contributed by atoms with E-state index in [9.17, 15) is 13.2 Å². The maximum Gasteiger partial charge on any atom is 0.251 e. The van der Waals surface area contributed by atoms with Crippen molar-refractivity contribution >= 4 is 44.6 Å². The minimum absolute atomic E-state index is 0.180. The van der Waals surface area contributed by atoms with Crippen LogP contribution in [0.25, 0.3) is 0 Å². The summed E-state index contributed by atoms with van der Waals surface area (Å²) < 4.78 is 25.3. The van der Waals surface area contributed by atoms with E-state index in [4.69, 9.17) is 11.6 Å². The molecule has 28 heavy (non-hydrogen) atoms. The van der Waals surface area contributed by atoms with Gasteiger partial charge in [0.2, 0.25) is 10.0 Å². The molecule has 0 bridgehead atoms. The summed E-state index contributed by atoms with van der Waals surface area (Å²) in [6, 6.07) is 9.27. The summed E-state index contributed by atoms with van der Waals surface area (Å²) >= 11 is 7.17. The Morgan fingerprint density at radius 2 is 1.96 bits per heavy atom. The van der Waals surface area contributed by atoms with Crippen LogP contribution >= 0.6 is 22.9 Å². The first-order valence-corrected chi connectivity index (χ1v) is 12.1. The fourth-order valence-corrected chi connectivity index (χ4v) is 5.29. The van der Waals surface area contributed by atoms with Crippen molar-refractivity contribution in [2.75, 3.05) is 23.0 Å². The van der Waals surface area contributed by atoms with Gasteiger partial charge in [-0.25, -0.2) is 8.42 Å². The molecular formula is C19H24ClN3O3S2. The Labute approximate surface area is 174 Å². The van der Waals surface area contributed by atoms with Gasteiger partial charge in [0.1, 0.15) is 5.21 Å². The Balaban J connectivity index is 1.53. The molecule has 2 atom stereocenters. The molecule has 2 N–H and O–H groups in total. The van der Waals surface area contributed by atoms with E-state index in [0.717, 1.165) is 13.0 Å². The van der Waals surface area contributed by atoms with Gasteiger partial charge in [-0.15, -0.1) is 22.9 Å². The molecule has 3 rings (SSSR count). The van der Waals surface area contributed by atoms with E-state index in [1.807, 2.05) is 0 Å². The molecule has 6 nitrogen and oxygen atoms in total. The van der Waals surface area contributed by atoms with E-state index in [2.05, 4.69) is 40.2 Å². The Bertz CT molecular complexity index is 928. The van der Waals surface area contributed by atoms with Crippen LogP contribution in [0.4, 0.5) is 5.69 Å². The predicted molar refractivity (Wildman–Crippen MR) is 115 cm³/mol. The molecule has 9 heteroatoms. The van der Waals surface area contributed by atoms with Crippen molar-refractivity contribution < 1.29 is 13.2 Å². The number of sulfonamides is 1. The lowest BCUT2D eigenvalue weighted by atomic mass is 9.97. The number of alkyl halides is 1. The summed E-state index contributed by atoms with van der Waals surface area (Å²) in [5, 5.41) is 4.58. The fourth-order valence-electron chi connectivity index (χ4n) is 3.56. The molecule has 0 fully saturated rings. The number of halogens is 1. The summed E-state index contributed by atoms with van der Waals surface area (Å²) in [5.41, 5.74) is 2.30. The molecule has 2 heterocycles. The highest BCUT2D eigenvalue weighted by Gasteiger charge is 2.29. The Hall–Kier alpha value is -1.61. The molecule has 1 aromatic heterocycles. The monoisotopic (exact) mass is 441 g/mol. The van der Waals surface area contributed by atoms with E-state index in [1.165, 1.54) is 10.4 Å². The number of nitrogens with zero attached hydrogens (tertiary/aromatic N) is 1. The number of anilines is 1. The average molecular weight is 442 g/mol. The topological polar surface area (TPSA) is 78.5 Å². The van der Waals surface area contributed by atoms with Gasteiger partial charge in [-0.2, -0.15) is 0 Å².